The maximum absolute atomic E-state index is 14.8. The van der Waals surface area contributed by atoms with Crippen molar-refractivity contribution in [3.8, 4) is 0 Å². The SMILES string of the molecule is Cc1ncc(C(=O)N=C[C@@]2(C(=O)NCc3ccc(Nc4c(F)cccc4C(F)(F)F)cc3F)CCOC2)cn1. The lowest BCUT2D eigenvalue weighted by Crippen LogP contribution is -2.42. The number of anilines is 2. The van der Waals surface area contributed by atoms with Gasteiger partial charge in [-0.1, -0.05) is 12.1 Å². The van der Waals surface area contributed by atoms with Crippen LogP contribution in [0.2, 0.25) is 0 Å². The van der Waals surface area contributed by atoms with Gasteiger partial charge in [0.05, 0.1) is 23.4 Å². The monoisotopic (exact) mass is 547 g/mol. The molecular weight excluding hydrogens is 525 g/mol. The molecule has 13 heteroatoms. The smallest absolute Gasteiger partial charge is 0.380 e. The van der Waals surface area contributed by atoms with E-state index < -0.39 is 46.3 Å². The van der Waals surface area contributed by atoms with Crippen molar-refractivity contribution < 1.29 is 36.3 Å². The van der Waals surface area contributed by atoms with Crippen molar-refractivity contribution in [2.75, 3.05) is 18.5 Å². The van der Waals surface area contributed by atoms with Gasteiger partial charge in [0, 0.05) is 43.0 Å². The molecule has 39 heavy (non-hydrogen) atoms. The third-order valence-electron chi connectivity index (χ3n) is 6.04. The second-order valence-electron chi connectivity index (χ2n) is 8.82. The maximum Gasteiger partial charge on any atom is 0.418 e. The number of halogens is 5. The number of carbonyl (C=O) groups excluding carboxylic acids is 2. The molecule has 0 bridgehead atoms. The van der Waals surface area contributed by atoms with Crippen LogP contribution in [-0.2, 0) is 22.3 Å². The Balaban J connectivity index is 1.45. The van der Waals surface area contributed by atoms with E-state index in [4.69, 9.17) is 4.74 Å². The molecule has 1 saturated heterocycles. The minimum absolute atomic E-state index is 0.0253. The Morgan fingerprint density at radius 2 is 1.87 bits per heavy atom. The van der Waals surface area contributed by atoms with E-state index >= 15 is 0 Å². The number of ether oxygens (including phenoxy) is 1. The molecule has 1 atom stereocenters. The van der Waals surface area contributed by atoms with Crippen LogP contribution in [0.25, 0.3) is 0 Å². The topological polar surface area (TPSA) is 106 Å². The minimum atomic E-state index is -4.82. The van der Waals surface area contributed by atoms with Gasteiger partial charge >= 0.3 is 6.18 Å². The van der Waals surface area contributed by atoms with Gasteiger partial charge in [0.15, 0.2) is 0 Å². The number of benzene rings is 2. The molecule has 1 fully saturated rings. The standard InChI is InChI=1S/C26H22F5N5O3/c1-15-32-11-17(12-33-15)23(37)35-13-25(7-8-39-14-25)24(38)34-10-16-5-6-18(9-21(16)28)36-22-19(26(29,30)31)3-2-4-20(22)27/h2-6,9,11-13,36H,7-8,10,14H2,1H3,(H,34,38)/t25-/m0/s1. The second-order valence-corrected chi connectivity index (χ2v) is 8.82. The van der Waals surface area contributed by atoms with Crippen molar-refractivity contribution in [1.29, 1.82) is 0 Å². The normalized spacial score (nSPS) is 17.4. The van der Waals surface area contributed by atoms with Crippen molar-refractivity contribution in [1.82, 2.24) is 15.3 Å². The van der Waals surface area contributed by atoms with Gasteiger partial charge in [0.2, 0.25) is 5.91 Å². The van der Waals surface area contributed by atoms with Gasteiger partial charge in [-0.15, -0.1) is 0 Å². The van der Waals surface area contributed by atoms with Crippen LogP contribution >= 0.6 is 0 Å². The summed E-state index contributed by atoms with van der Waals surface area (Å²) in [6.07, 6.45) is -0.757. The molecule has 204 valence electrons. The van der Waals surface area contributed by atoms with Gasteiger partial charge in [0.1, 0.15) is 22.9 Å². The van der Waals surface area contributed by atoms with Crippen LogP contribution in [0.5, 0.6) is 0 Å². The lowest BCUT2D eigenvalue weighted by molar-refractivity contribution is -0.137. The van der Waals surface area contributed by atoms with Gasteiger partial charge in [-0.2, -0.15) is 13.2 Å². The van der Waals surface area contributed by atoms with E-state index in [1.54, 1.807) is 6.92 Å². The Bertz CT molecular complexity index is 1400. The molecule has 2 aromatic carbocycles. The Labute approximate surface area is 219 Å². The van der Waals surface area contributed by atoms with Gasteiger partial charge in [-0.05, 0) is 37.6 Å². The lowest BCUT2D eigenvalue weighted by atomic mass is 9.87. The highest BCUT2D eigenvalue weighted by Gasteiger charge is 2.41. The van der Waals surface area contributed by atoms with Crippen molar-refractivity contribution in [2.24, 2.45) is 10.4 Å². The molecule has 1 aliphatic heterocycles. The zero-order valence-electron chi connectivity index (χ0n) is 20.5. The van der Waals surface area contributed by atoms with Crippen LogP contribution in [0.1, 0.15) is 33.7 Å². The molecule has 0 radical (unpaired) electrons. The predicted molar refractivity (Wildman–Crippen MR) is 130 cm³/mol. The summed E-state index contributed by atoms with van der Waals surface area (Å²) in [4.78, 5) is 37.1. The molecule has 0 saturated carbocycles. The van der Waals surface area contributed by atoms with E-state index in [0.717, 1.165) is 18.2 Å². The van der Waals surface area contributed by atoms with Crippen molar-refractivity contribution >= 4 is 29.4 Å². The number of amides is 2. The van der Waals surface area contributed by atoms with Crippen LogP contribution in [-0.4, -0.2) is 41.2 Å². The van der Waals surface area contributed by atoms with Crippen molar-refractivity contribution in [3.05, 3.63) is 82.9 Å². The average molecular weight is 547 g/mol. The third-order valence-corrected chi connectivity index (χ3v) is 6.04. The van der Waals surface area contributed by atoms with E-state index in [0.29, 0.717) is 11.9 Å². The Morgan fingerprint density at radius 3 is 2.51 bits per heavy atom. The summed E-state index contributed by atoms with van der Waals surface area (Å²) in [6.45, 7) is 1.58. The van der Waals surface area contributed by atoms with E-state index in [2.05, 4.69) is 25.6 Å². The van der Waals surface area contributed by atoms with Gasteiger partial charge < -0.3 is 15.4 Å². The Morgan fingerprint density at radius 1 is 1.13 bits per heavy atom. The summed E-state index contributed by atoms with van der Waals surface area (Å²) in [6, 6.07) is 5.89. The first-order valence-electron chi connectivity index (χ1n) is 11.6. The molecular formula is C26H22F5N5O3. The Hall–Kier alpha value is -4.26. The minimum Gasteiger partial charge on any atom is -0.380 e. The molecule has 0 unspecified atom stereocenters. The molecule has 2 amide bonds. The maximum atomic E-state index is 14.8. The highest BCUT2D eigenvalue weighted by molar-refractivity contribution is 6.05. The number of nitrogens with zero attached hydrogens (tertiary/aromatic N) is 3. The van der Waals surface area contributed by atoms with Crippen LogP contribution in [0, 0.1) is 24.0 Å². The van der Waals surface area contributed by atoms with Crippen LogP contribution in [0.4, 0.5) is 33.3 Å². The molecule has 4 rings (SSSR count). The number of rotatable bonds is 7. The quantitative estimate of drug-likeness (QED) is 0.327. The number of aromatic nitrogens is 2. The molecule has 3 aromatic rings. The summed E-state index contributed by atoms with van der Waals surface area (Å²) in [7, 11) is 0. The number of hydrogen-bond donors (Lipinski definition) is 2. The molecule has 0 aliphatic carbocycles. The van der Waals surface area contributed by atoms with Gasteiger partial charge in [0.25, 0.3) is 5.91 Å². The highest BCUT2D eigenvalue weighted by Crippen LogP contribution is 2.37. The molecule has 2 N–H and O–H groups in total. The Kier molecular flexibility index (Phi) is 8.00. The third kappa shape index (κ3) is 6.42. The first-order chi connectivity index (χ1) is 18.5. The summed E-state index contributed by atoms with van der Waals surface area (Å²) in [5.74, 6) is -2.72. The molecule has 1 aliphatic rings. The van der Waals surface area contributed by atoms with Crippen molar-refractivity contribution in [3.63, 3.8) is 0 Å². The fourth-order valence-corrected chi connectivity index (χ4v) is 3.83. The first kappa shape index (κ1) is 27.8. The second kappa shape index (κ2) is 11.2. The number of carbonyl (C=O) groups is 2. The summed E-state index contributed by atoms with van der Waals surface area (Å²) < 4.78 is 74.0. The summed E-state index contributed by atoms with van der Waals surface area (Å²) >= 11 is 0. The van der Waals surface area contributed by atoms with E-state index in [1.807, 2.05) is 0 Å². The molecule has 1 aromatic heterocycles. The van der Waals surface area contributed by atoms with E-state index in [1.165, 1.54) is 30.7 Å². The number of nitrogens with one attached hydrogen (secondary N) is 2. The lowest BCUT2D eigenvalue weighted by Gasteiger charge is -2.21. The molecule has 2 heterocycles. The number of para-hydroxylation sites is 1. The zero-order chi connectivity index (χ0) is 28.2. The summed E-state index contributed by atoms with van der Waals surface area (Å²) in [5, 5.41) is 4.86. The number of alkyl halides is 3. The number of aliphatic imine (C=N–C) groups is 1. The largest absolute Gasteiger partial charge is 0.418 e. The number of aryl methyl sites for hydroxylation is 1. The van der Waals surface area contributed by atoms with Gasteiger partial charge in [-0.3, -0.25) is 9.59 Å². The fraction of sp³-hybridized carbons (Fsp3) is 0.269. The van der Waals surface area contributed by atoms with Crippen LogP contribution in [0.3, 0.4) is 0 Å². The number of hydrogen-bond acceptors (Lipinski definition) is 6. The predicted octanol–water partition coefficient (Wildman–Crippen LogP) is 4.76. The zero-order valence-corrected chi connectivity index (χ0v) is 20.5. The molecule has 0 spiro atoms. The highest BCUT2D eigenvalue weighted by atomic mass is 19.4. The van der Waals surface area contributed by atoms with Crippen LogP contribution < -0.4 is 10.6 Å². The van der Waals surface area contributed by atoms with Gasteiger partial charge in [-0.25, -0.2) is 23.7 Å². The average Bonchev–Trinajstić information content (AvgIpc) is 3.38. The fourth-order valence-electron chi connectivity index (χ4n) is 3.83. The van der Waals surface area contributed by atoms with Crippen LogP contribution in [0.15, 0.2) is 53.8 Å². The first-order valence-corrected chi connectivity index (χ1v) is 11.6. The molecule has 8 nitrogen and oxygen atoms in total. The van der Waals surface area contributed by atoms with E-state index in [9.17, 15) is 31.5 Å². The summed E-state index contributed by atoms with van der Waals surface area (Å²) in [5.41, 5.74) is -3.29. The van der Waals surface area contributed by atoms with E-state index in [-0.39, 0.29) is 43.0 Å². The van der Waals surface area contributed by atoms with Crippen molar-refractivity contribution in [2.45, 2.75) is 26.1 Å².